The molecular formula is C11H15BrN2O3S. The number of sulfonamides is 1. The molecular weight excluding hydrogens is 320 g/mol. The van der Waals surface area contributed by atoms with Crippen LogP contribution in [0, 0.1) is 5.92 Å². The smallest absolute Gasteiger partial charge is 0.242 e. The molecule has 0 radical (unpaired) electrons. The zero-order chi connectivity index (χ0) is 13.2. The molecule has 0 amide bonds. The number of nitrogens with zero attached hydrogens (tertiary/aromatic N) is 1. The van der Waals surface area contributed by atoms with Crippen molar-refractivity contribution in [2.45, 2.75) is 30.3 Å². The molecule has 100 valence electrons. The van der Waals surface area contributed by atoms with Gasteiger partial charge in [0.05, 0.1) is 6.10 Å². The molecule has 1 aromatic rings. The molecule has 0 aliphatic heterocycles. The lowest BCUT2D eigenvalue weighted by atomic mass is 10.1. The molecule has 2 rings (SSSR count). The molecule has 0 aromatic carbocycles. The zero-order valence-electron chi connectivity index (χ0n) is 9.71. The minimum absolute atomic E-state index is 0.0138. The molecule has 1 aliphatic rings. The Bertz CT molecular complexity index is 521. The zero-order valence-corrected chi connectivity index (χ0v) is 12.1. The second-order valence-corrected chi connectivity index (χ2v) is 7.13. The van der Waals surface area contributed by atoms with Crippen LogP contribution in [-0.2, 0) is 10.0 Å². The molecule has 1 aliphatic carbocycles. The van der Waals surface area contributed by atoms with Crippen molar-refractivity contribution in [1.29, 1.82) is 0 Å². The fourth-order valence-corrected chi connectivity index (χ4v) is 3.69. The van der Waals surface area contributed by atoms with Crippen LogP contribution in [0.2, 0.25) is 0 Å². The summed E-state index contributed by atoms with van der Waals surface area (Å²) in [4.78, 5) is 3.96. The average Bonchev–Trinajstić information content (AvgIpc) is 2.72. The quantitative estimate of drug-likeness (QED) is 0.869. The van der Waals surface area contributed by atoms with E-state index in [-0.39, 0.29) is 17.4 Å². The summed E-state index contributed by atoms with van der Waals surface area (Å²) in [6, 6.07) is 1.50. The third-order valence-electron chi connectivity index (χ3n) is 3.14. The summed E-state index contributed by atoms with van der Waals surface area (Å²) in [5.41, 5.74) is 0. The van der Waals surface area contributed by atoms with Crippen LogP contribution in [0.5, 0.6) is 0 Å². The van der Waals surface area contributed by atoms with Crippen LogP contribution in [0.4, 0.5) is 0 Å². The Kier molecular flexibility index (Phi) is 4.37. The summed E-state index contributed by atoms with van der Waals surface area (Å²) in [5.74, 6) is 0.0138. The third kappa shape index (κ3) is 3.28. The van der Waals surface area contributed by atoms with Gasteiger partial charge in [0.25, 0.3) is 0 Å². The minimum Gasteiger partial charge on any atom is -0.393 e. The third-order valence-corrected chi connectivity index (χ3v) is 4.97. The molecule has 0 saturated heterocycles. The van der Waals surface area contributed by atoms with E-state index in [0.29, 0.717) is 4.47 Å². The molecule has 1 aromatic heterocycles. The Morgan fingerprint density at radius 1 is 1.44 bits per heavy atom. The van der Waals surface area contributed by atoms with E-state index in [1.54, 1.807) is 0 Å². The van der Waals surface area contributed by atoms with E-state index in [0.717, 1.165) is 19.3 Å². The second-order valence-electron chi connectivity index (χ2n) is 4.45. The van der Waals surface area contributed by atoms with Gasteiger partial charge in [-0.15, -0.1) is 0 Å². The van der Waals surface area contributed by atoms with Crippen molar-refractivity contribution in [3.63, 3.8) is 0 Å². The van der Waals surface area contributed by atoms with Crippen LogP contribution in [0.25, 0.3) is 0 Å². The topological polar surface area (TPSA) is 79.3 Å². The molecule has 18 heavy (non-hydrogen) atoms. The van der Waals surface area contributed by atoms with Gasteiger partial charge in [-0.2, -0.15) is 0 Å². The molecule has 2 atom stereocenters. The number of nitrogens with one attached hydrogen (secondary N) is 1. The summed E-state index contributed by atoms with van der Waals surface area (Å²) in [7, 11) is -3.55. The van der Waals surface area contributed by atoms with Crippen LogP contribution in [0.1, 0.15) is 19.3 Å². The SMILES string of the molecule is O=S(=O)(NCC1CCCC1O)c1cncc(Br)c1. The number of aliphatic hydroxyl groups excluding tert-OH is 1. The number of aliphatic hydroxyl groups is 1. The predicted molar refractivity (Wildman–Crippen MR) is 70.5 cm³/mol. The summed E-state index contributed by atoms with van der Waals surface area (Å²) in [5, 5.41) is 9.65. The fraction of sp³-hybridized carbons (Fsp3) is 0.545. The second kappa shape index (κ2) is 5.64. The average molecular weight is 335 g/mol. The number of halogens is 1. The first-order valence-electron chi connectivity index (χ1n) is 5.77. The molecule has 7 heteroatoms. The first-order valence-corrected chi connectivity index (χ1v) is 8.05. The van der Waals surface area contributed by atoms with Crippen LogP contribution in [0.3, 0.4) is 0 Å². The highest BCUT2D eigenvalue weighted by Gasteiger charge is 2.26. The Balaban J connectivity index is 2.03. The first-order chi connectivity index (χ1) is 8.49. The standard InChI is InChI=1S/C11H15BrN2O3S/c12-9-4-10(7-13-6-9)18(16,17)14-5-8-2-1-3-11(8)15/h4,6-8,11,14-15H,1-3,5H2. The first kappa shape index (κ1) is 13.9. The molecule has 0 bridgehead atoms. The minimum atomic E-state index is -3.55. The maximum Gasteiger partial charge on any atom is 0.242 e. The van der Waals surface area contributed by atoms with E-state index in [9.17, 15) is 13.5 Å². The summed E-state index contributed by atoms with van der Waals surface area (Å²) in [6.45, 7) is 0.274. The van der Waals surface area contributed by atoms with Crippen molar-refractivity contribution in [1.82, 2.24) is 9.71 Å². The van der Waals surface area contributed by atoms with E-state index < -0.39 is 16.1 Å². The number of hydrogen-bond acceptors (Lipinski definition) is 4. The van der Waals surface area contributed by atoms with Gasteiger partial charge in [0.2, 0.25) is 10.0 Å². The van der Waals surface area contributed by atoms with Crippen molar-refractivity contribution < 1.29 is 13.5 Å². The fourth-order valence-electron chi connectivity index (χ4n) is 2.09. The van der Waals surface area contributed by atoms with Crippen molar-refractivity contribution in [2.24, 2.45) is 5.92 Å². The van der Waals surface area contributed by atoms with Crippen molar-refractivity contribution in [2.75, 3.05) is 6.54 Å². The Hall–Kier alpha value is -0.500. The summed E-state index contributed by atoms with van der Waals surface area (Å²) in [6.07, 6.45) is 5.00. The van der Waals surface area contributed by atoms with E-state index >= 15 is 0 Å². The van der Waals surface area contributed by atoms with Gasteiger partial charge in [0, 0.05) is 23.4 Å². The van der Waals surface area contributed by atoms with Gasteiger partial charge >= 0.3 is 0 Å². The molecule has 2 N–H and O–H groups in total. The lowest BCUT2D eigenvalue weighted by Crippen LogP contribution is -2.32. The molecule has 0 spiro atoms. The highest BCUT2D eigenvalue weighted by atomic mass is 79.9. The van der Waals surface area contributed by atoms with Gasteiger partial charge in [-0.3, -0.25) is 4.98 Å². The van der Waals surface area contributed by atoms with Gasteiger partial charge < -0.3 is 5.11 Å². The molecule has 2 unspecified atom stereocenters. The van der Waals surface area contributed by atoms with E-state index in [1.807, 2.05) is 0 Å². The number of aromatic nitrogens is 1. The van der Waals surface area contributed by atoms with Crippen LogP contribution >= 0.6 is 15.9 Å². The number of hydrogen-bond donors (Lipinski definition) is 2. The van der Waals surface area contributed by atoms with Crippen molar-refractivity contribution in [3.05, 3.63) is 22.9 Å². The normalized spacial score (nSPS) is 24.3. The number of rotatable bonds is 4. The van der Waals surface area contributed by atoms with Crippen LogP contribution in [-0.4, -0.2) is 31.2 Å². The Labute approximate surface area is 115 Å². The molecule has 1 fully saturated rings. The Morgan fingerprint density at radius 3 is 2.83 bits per heavy atom. The van der Waals surface area contributed by atoms with Crippen molar-refractivity contribution in [3.8, 4) is 0 Å². The predicted octanol–water partition coefficient (Wildman–Crippen LogP) is 1.28. The Morgan fingerprint density at radius 2 is 2.22 bits per heavy atom. The molecule has 1 saturated carbocycles. The van der Waals surface area contributed by atoms with Gasteiger partial charge in [0.1, 0.15) is 4.90 Å². The largest absolute Gasteiger partial charge is 0.393 e. The van der Waals surface area contributed by atoms with Gasteiger partial charge in [-0.25, -0.2) is 13.1 Å². The van der Waals surface area contributed by atoms with E-state index in [1.165, 1.54) is 18.5 Å². The van der Waals surface area contributed by atoms with Crippen molar-refractivity contribution >= 4 is 26.0 Å². The van der Waals surface area contributed by atoms with Gasteiger partial charge in [-0.1, -0.05) is 6.42 Å². The maximum absolute atomic E-state index is 12.0. The van der Waals surface area contributed by atoms with Crippen LogP contribution in [0.15, 0.2) is 27.8 Å². The molecule has 5 nitrogen and oxygen atoms in total. The van der Waals surface area contributed by atoms with E-state index in [2.05, 4.69) is 25.6 Å². The lowest BCUT2D eigenvalue weighted by Gasteiger charge is -2.15. The van der Waals surface area contributed by atoms with Crippen LogP contribution < -0.4 is 4.72 Å². The summed E-state index contributed by atoms with van der Waals surface area (Å²) >= 11 is 3.19. The van der Waals surface area contributed by atoms with Gasteiger partial charge in [0.15, 0.2) is 0 Å². The highest BCUT2D eigenvalue weighted by Crippen LogP contribution is 2.25. The van der Waals surface area contributed by atoms with E-state index in [4.69, 9.17) is 0 Å². The highest BCUT2D eigenvalue weighted by molar-refractivity contribution is 9.10. The van der Waals surface area contributed by atoms with Gasteiger partial charge in [-0.05, 0) is 40.8 Å². The summed E-state index contributed by atoms with van der Waals surface area (Å²) < 4.78 is 27.1. The maximum atomic E-state index is 12.0. The number of pyridine rings is 1. The monoisotopic (exact) mass is 334 g/mol. The molecule has 1 heterocycles. The lowest BCUT2D eigenvalue weighted by molar-refractivity contribution is 0.134.